The second kappa shape index (κ2) is 8.53. The summed E-state index contributed by atoms with van der Waals surface area (Å²) in [6.07, 6.45) is -1.12. The van der Waals surface area contributed by atoms with Gasteiger partial charge in [-0.2, -0.15) is 0 Å². The van der Waals surface area contributed by atoms with Gasteiger partial charge >= 0.3 is 0 Å². The van der Waals surface area contributed by atoms with Crippen LogP contribution in [0.2, 0.25) is 0 Å². The average molecular weight is 535 g/mol. The molecule has 0 aromatic carbocycles. The van der Waals surface area contributed by atoms with Crippen LogP contribution < -0.4 is 0 Å². The molecule has 4 rings (SSSR count). The third kappa shape index (κ3) is 3.70. The van der Waals surface area contributed by atoms with Crippen molar-refractivity contribution in [2.24, 2.45) is 39.4 Å². The van der Waals surface area contributed by atoms with Crippen molar-refractivity contribution < 1.29 is 39.9 Å². The Labute approximate surface area is 225 Å². The van der Waals surface area contributed by atoms with Gasteiger partial charge in [0.25, 0.3) is 0 Å². The predicted octanol–water partition coefficient (Wildman–Crippen LogP) is 2.12. The van der Waals surface area contributed by atoms with Gasteiger partial charge in [-0.3, -0.25) is 14.4 Å². The Balaban J connectivity index is 1.77. The van der Waals surface area contributed by atoms with Crippen LogP contribution in [0.25, 0.3) is 0 Å². The Hall–Kier alpha value is -1.45. The Morgan fingerprint density at radius 1 is 1.05 bits per heavy atom. The van der Waals surface area contributed by atoms with Crippen molar-refractivity contribution >= 4 is 17.3 Å². The van der Waals surface area contributed by atoms with Gasteiger partial charge in [0.1, 0.15) is 17.5 Å². The Morgan fingerprint density at radius 2 is 1.63 bits per heavy atom. The summed E-state index contributed by atoms with van der Waals surface area (Å²) in [4.78, 5) is 40.5. The minimum absolute atomic E-state index is 0.0245. The molecule has 0 heterocycles. The molecular formula is C30H46O8. The summed E-state index contributed by atoms with van der Waals surface area (Å²) in [6.45, 7) is 13.6. The van der Waals surface area contributed by atoms with Crippen molar-refractivity contribution in [2.75, 3.05) is 0 Å². The number of carbonyl (C=O) groups excluding carboxylic acids is 3. The fraction of sp³-hybridized carbons (Fsp3) is 0.833. The van der Waals surface area contributed by atoms with E-state index in [1.807, 2.05) is 34.6 Å². The number of aliphatic hydroxyl groups excluding tert-OH is 3. The van der Waals surface area contributed by atoms with Gasteiger partial charge in [-0.1, -0.05) is 46.3 Å². The molecule has 4 aliphatic carbocycles. The lowest BCUT2D eigenvalue weighted by Crippen LogP contribution is -2.65. The van der Waals surface area contributed by atoms with Crippen LogP contribution in [0.4, 0.5) is 0 Å². The first kappa shape index (κ1) is 29.5. The Bertz CT molecular complexity index is 1080. The quantitative estimate of drug-likeness (QED) is 0.336. The van der Waals surface area contributed by atoms with Crippen LogP contribution in [-0.2, 0) is 14.4 Å². The van der Waals surface area contributed by atoms with Gasteiger partial charge in [-0.15, -0.1) is 0 Å². The molecule has 0 aromatic heterocycles. The first-order valence-electron chi connectivity index (χ1n) is 13.9. The van der Waals surface area contributed by atoms with Crippen LogP contribution in [0.15, 0.2) is 11.6 Å². The maximum atomic E-state index is 14.2. The molecule has 0 spiro atoms. The van der Waals surface area contributed by atoms with Gasteiger partial charge in [0.2, 0.25) is 0 Å². The van der Waals surface area contributed by atoms with E-state index >= 15 is 0 Å². The fourth-order valence-electron chi connectivity index (χ4n) is 9.16. The van der Waals surface area contributed by atoms with E-state index in [0.717, 1.165) is 5.57 Å². The Kier molecular flexibility index (Phi) is 6.63. The van der Waals surface area contributed by atoms with Crippen LogP contribution in [0.5, 0.6) is 0 Å². The van der Waals surface area contributed by atoms with E-state index in [1.54, 1.807) is 0 Å². The SMILES string of the molecule is CC(C)(O)C(O)CC(=O)C(C)(O)C1[C@H](O)C[C@@]2(C)[C@@H]3CC=C4[C@@H](CC(=O)[C@H](O)C4(C)C)[C@]3(C)C(=O)C[C@]12C. The molecule has 3 unspecified atom stereocenters. The van der Waals surface area contributed by atoms with Gasteiger partial charge < -0.3 is 25.5 Å². The molecule has 5 N–H and O–H groups in total. The van der Waals surface area contributed by atoms with E-state index in [9.17, 15) is 39.9 Å². The minimum Gasteiger partial charge on any atom is -0.393 e. The number of hydrogen-bond donors (Lipinski definition) is 5. The van der Waals surface area contributed by atoms with Crippen molar-refractivity contribution in [3.8, 4) is 0 Å². The zero-order valence-electron chi connectivity index (χ0n) is 24.0. The molecule has 214 valence electrons. The molecule has 3 fully saturated rings. The summed E-state index contributed by atoms with van der Waals surface area (Å²) in [7, 11) is 0. The molecule has 0 aromatic rings. The smallest absolute Gasteiger partial charge is 0.167 e. The van der Waals surface area contributed by atoms with Crippen molar-refractivity contribution in [3.05, 3.63) is 11.6 Å². The summed E-state index contributed by atoms with van der Waals surface area (Å²) >= 11 is 0. The third-order valence-electron chi connectivity index (χ3n) is 11.8. The zero-order chi connectivity index (χ0) is 29.0. The standard InChI is InChI=1S/C30H46O8/c1-25(2)15-9-10-19-27(5)13-18(32)23(30(8,38)21(34)12-20(33)26(3,4)37)28(27,6)14-22(35)29(19,7)16(15)11-17(31)24(25)36/h9,16,18-20,23-24,32-33,36-38H,10-14H2,1-8H3/t16-,18-,19+,20?,23?,24+,27+,28-,29+,30?/m1/s1. The van der Waals surface area contributed by atoms with Crippen LogP contribution in [0.1, 0.15) is 87.5 Å². The second-order valence-corrected chi connectivity index (χ2v) is 14.7. The van der Waals surface area contributed by atoms with Crippen LogP contribution in [0.3, 0.4) is 0 Å². The molecule has 0 aliphatic heterocycles. The van der Waals surface area contributed by atoms with E-state index in [1.165, 1.54) is 20.8 Å². The van der Waals surface area contributed by atoms with E-state index in [0.29, 0.717) is 6.42 Å². The monoisotopic (exact) mass is 534 g/mol. The predicted molar refractivity (Wildman–Crippen MR) is 140 cm³/mol. The molecule has 4 aliphatic rings. The van der Waals surface area contributed by atoms with E-state index in [-0.39, 0.29) is 42.7 Å². The van der Waals surface area contributed by atoms with Crippen molar-refractivity contribution in [3.63, 3.8) is 0 Å². The average Bonchev–Trinajstić information content (AvgIpc) is 2.97. The topological polar surface area (TPSA) is 152 Å². The lowest BCUT2D eigenvalue weighted by atomic mass is 9.38. The van der Waals surface area contributed by atoms with Gasteiger partial charge in [0.15, 0.2) is 11.6 Å². The molecule has 8 nitrogen and oxygen atoms in total. The summed E-state index contributed by atoms with van der Waals surface area (Å²) in [5.41, 5.74) is -5.93. The molecule has 0 radical (unpaired) electrons. The molecule has 10 atom stereocenters. The normalized spacial score (nSPS) is 44.9. The molecule has 8 heteroatoms. The molecule has 0 saturated heterocycles. The number of allylic oxidation sites excluding steroid dienone is 1. The number of rotatable bonds is 5. The molecule has 38 heavy (non-hydrogen) atoms. The summed E-state index contributed by atoms with van der Waals surface area (Å²) in [6, 6.07) is 0. The summed E-state index contributed by atoms with van der Waals surface area (Å²) in [5.74, 6) is -2.60. The first-order valence-corrected chi connectivity index (χ1v) is 13.9. The van der Waals surface area contributed by atoms with E-state index < -0.39 is 69.3 Å². The summed E-state index contributed by atoms with van der Waals surface area (Å²) < 4.78 is 0. The van der Waals surface area contributed by atoms with Crippen molar-refractivity contribution in [1.29, 1.82) is 0 Å². The van der Waals surface area contributed by atoms with Gasteiger partial charge in [0.05, 0.1) is 17.8 Å². The van der Waals surface area contributed by atoms with Gasteiger partial charge in [-0.05, 0) is 56.3 Å². The van der Waals surface area contributed by atoms with E-state index in [2.05, 4.69) is 6.08 Å². The van der Waals surface area contributed by atoms with Crippen molar-refractivity contribution in [2.45, 2.75) is 117 Å². The van der Waals surface area contributed by atoms with Crippen LogP contribution in [0, 0.1) is 39.4 Å². The van der Waals surface area contributed by atoms with Gasteiger partial charge in [0, 0.05) is 36.0 Å². The largest absolute Gasteiger partial charge is 0.393 e. The third-order valence-corrected chi connectivity index (χ3v) is 11.8. The number of aliphatic hydroxyl groups is 5. The number of hydrogen-bond acceptors (Lipinski definition) is 8. The maximum absolute atomic E-state index is 14.2. The number of ketones is 3. The highest BCUT2D eigenvalue weighted by Gasteiger charge is 2.74. The van der Waals surface area contributed by atoms with E-state index in [4.69, 9.17) is 0 Å². The molecular weight excluding hydrogens is 488 g/mol. The number of fused-ring (bicyclic) bond motifs is 5. The fourth-order valence-corrected chi connectivity index (χ4v) is 9.16. The van der Waals surface area contributed by atoms with Crippen LogP contribution >= 0.6 is 0 Å². The number of carbonyl (C=O) groups is 3. The highest BCUT2D eigenvalue weighted by molar-refractivity contribution is 5.93. The minimum atomic E-state index is -2.05. The Morgan fingerprint density at radius 3 is 2.18 bits per heavy atom. The highest BCUT2D eigenvalue weighted by atomic mass is 16.3. The molecule has 3 saturated carbocycles. The molecule has 0 amide bonds. The zero-order valence-corrected chi connectivity index (χ0v) is 24.0. The maximum Gasteiger partial charge on any atom is 0.167 e. The lowest BCUT2D eigenvalue weighted by Gasteiger charge is -2.64. The lowest BCUT2D eigenvalue weighted by molar-refractivity contribution is -0.185. The first-order chi connectivity index (χ1) is 17.1. The van der Waals surface area contributed by atoms with Crippen LogP contribution in [-0.4, -0.2) is 72.4 Å². The highest BCUT2D eigenvalue weighted by Crippen LogP contribution is 2.74. The second-order valence-electron chi connectivity index (χ2n) is 14.7. The van der Waals surface area contributed by atoms with Gasteiger partial charge in [-0.25, -0.2) is 0 Å². The summed E-state index contributed by atoms with van der Waals surface area (Å²) in [5, 5.41) is 54.2. The molecule has 0 bridgehead atoms. The number of Topliss-reactive ketones (excluding diaryl/α,β-unsaturated/α-hetero) is 3. The van der Waals surface area contributed by atoms with Crippen molar-refractivity contribution in [1.82, 2.24) is 0 Å².